The average Bonchev–Trinajstić information content (AvgIpc) is 2.61. The summed E-state index contributed by atoms with van der Waals surface area (Å²) in [4.78, 5) is 11.3. The minimum Gasteiger partial charge on any atom is -0.495 e. The first kappa shape index (κ1) is 20.8. The number of carbonyl (C=O) groups excluding carboxylic acids is 1. The highest BCUT2D eigenvalue weighted by Gasteiger charge is 2.46. The van der Waals surface area contributed by atoms with Gasteiger partial charge in [0.15, 0.2) is 0 Å². The van der Waals surface area contributed by atoms with Gasteiger partial charge in [0.05, 0.1) is 29.8 Å². The summed E-state index contributed by atoms with van der Waals surface area (Å²) in [6, 6.07) is 6.15. The van der Waals surface area contributed by atoms with E-state index in [0.29, 0.717) is 17.9 Å². The van der Waals surface area contributed by atoms with E-state index in [-0.39, 0.29) is 22.0 Å². The molecule has 0 radical (unpaired) electrons. The number of ether oxygens (including phenoxy) is 2. The molecule has 27 heavy (non-hydrogen) atoms. The zero-order chi connectivity index (χ0) is 20.4. The predicted octanol–water partition coefficient (Wildman–Crippen LogP) is 3.90. The summed E-state index contributed by atoms with van der Waals surface area (Å²) in [5, 5.41) is 2.68. The number of alkyl halides is 3. The molecule has 0 fully saturated rings. The summed E-state index contributed by atoms with van der Waals surface area (Å²) in [6.45, 7) is 0. The maximum atomic E-state index is 12.5. The van der Waals surface area contributed by atoms with E-state index < -0.39 is 26.1 Å². The summed E-state index contributed by atoms with van der Waals surface area (Å²) in [5.74, 6) is -0.153. The van der Waals surface area contributed by atoms with Gasteiger partial charge in [0.1, 0.15) is 11.5 Å². The van der Waals surface area contributed by atoms with Crippen LogP contribution in [0.1, 0.15) is 10.4 Å². The molecule has 0 aliphatic rings. The second kappa shape index (κ2) is 7.65. The quantitative estimate of drug-likeness (QED) is 0.788. The number of nitrogens with one attached hydrogen (secondary N) is 1. The number of carbonyl (C=O) groups is 1. The molecular formula is C16H13ClF3NO5S. The van der Waals surface area contributed by atoms with Gasteiger partial charge in [0, 0.05) is 11.6 Å². The molecule has 0 saturated carbocycles. The van der Waals surface area contributed by atoms with Crippen LogP contribution in [0.25, 0.3) is 0 Å². The van der Waals surface area contributed by atoms with E-state index in [1.54, 1.807) is 0 Å². The average molecular weight is 424 g/mol. The number of anilines is 1. The van der Waals surface area contributed by atoms with Crippen molar-refractivity contribution in [3.8, 4) is 11.5 Å². The minimum absolute atomic E-state index is 0.0647. The lowest BCUT2D eigenvalue weighted by atomic mass is 10.2. The van der Waals surface area contributed by atoms with Gasteiger partial charge in [-0.15, -0.1) is 0 Å². The lowest BCUT2D eigenvalue weighted by molar-refractivity contribution is -0.0436. The van der Waals surface area contributed by atoms with Crippen LogP contribution in [0.4, 0.5) is 18.9 Å². The van der Waals surface area contributed by atoms with E-state index >= 15 is 0 Å². The zero-order valence-corrected chi connectivity index (χ0v) is 15.5. The normalized spacial score (nSPS) is 11.8. The highest BCUT2D eigenvalue weighted by atomic mass is 35.5. The standard InChI is InChI=1S/C16H13ClF3NO5S/c1-25-13-8-14(26-2)12(7-11(13)17)21-15(22)9-3-5-10(6-4-9)27(23,24)16(18,19)20/h3-8H,1-2H3,(H,21,22). The van der Waals surface area contributed by atoms with Crippen molar-refractivity contribution in [1.29, 1.82) is 0 Å². The van der Waals surface area contributed by atoms with Gasteiger partial charge in [-0.25, -0.2) is 8.42 Å². The molecule has 0 spiro atoms. The summed E-state index contributed by atoms with van der Waals surface area (Å²) in [6.07, 6.45) is 0. The first-order valence-electron chi connectivity index (χ1n) is 7.15. The lowest BCUT2D eigenvalue weighted by Crippen LogP contribution is -2.23. The van der Waals surface area contributed by atoms with Gasteiger partial charge >= 0.3 is 5.51 Å². The Morgan fingerprint density at radius 2 is 1.59 bits per heavy atom. The summed E-state index contributed by atoms with van der Waals surface area (Å²) in [5.41, 5.74) is -5.30. The van der Waals surface area contributed by atoms with Gasteiger partial charge in [0.2, 0.25) is 0 Å². The Hall–Kier alpha value is -2.46. The molecule has 2 aromatic rings. The van der Waals surface area contributed by atoms with Crippen LogP contribution in [0.5, 0.6) is 11.5 Å². The summed E-state index contributed by atoms with van der Waals surface area (Å²) < 4.78 is 70.5. The topological polar surface area (TPSA) is 81.7 Å². The second-order valence-corrected chi connectivity index (χ2v) is 7.46. The van der Waals surface area contributed by atoms with Gasteiger partial charge in [-0.05, 0) is 30.3 Å². The molecule has 0 unspecified atom stereocenters. The van der Waals surface area contributed by atoms with Crippen LogP contribution in [0.15, 0.2) is 41.3 Å². The molecule has 6 nitrogen and oxygen atoms in total. The van der Waals surface area contributed by atoms with E-state index in [1.165, 1.54) is 26.4 Å². The van der Waals surface area contributed by atoms with Crippen LogP contribution < -0.4 is 14.8 Å². The van der Waals surface area contributed by atoms with Gasteiger partial charge in [0.25, 0.3) is 15.7 Å². The highest BCUT2D eigenvalue weighted by molar-refractivity contribution is 7.92. The molecule has 2 aromatic carbocycles. The van der Waals surface area contributed by atoms with E-state index in [2.05, 4.69) is 5.32 Å². The van der Waals surface area contributed by atoms with E-state index in [9.17, 15) is 26.4 Å². The summed E-state index contributed by atoms with van der Waals surface area (Å²) >= 11 is 6.00. The molecule has 146 valence electrons. The number of amides is 1. The van der Waals surface area contributed by atoms with Crippen molar-refractivity contribution in [2.75, 3.05) is 19.5 Å². The molecule has 0 aromatic heterocycles. The highest BCUT2D eigenvalue weighted by Crippen LogP contribution is 2.36. The second-order valence-electron chi connectivity index (χ2n) is 5.11. The molecule has 1 N–H and O–H groups in total. The fraction of sp³-hybridized carbons (Fsp3) is 0.188. The zero-order valence-electron chi connectivity index (χ0n) is 13.9. The number of halogens is 4. The van der Waals surface area contributed by atoms with Crippen molar-refractivity contribution in [2.45, 2.75) is 10.4 Å². The first-order valence-corrected chi connectivity index (χ1v) is 9.01. The Kier molecular flexibility index (Phi) is 5.91. The third-order valence-electron chi connectivity index (χ3n) is 3.45. The molecule has 11 heteroatoms. The van der Waals surface area contributed by atoms with Gasteiger partial charge in [-0.2, -0.15) is 13.2 Å². The number of sulfone groups is 1. The molecule has 0 saturated heterocycles. The fourth-order valence-corrected chi connectivity index (χ4v) is 3.07. The lowest BCUT2D eigenvalue weighted by Gasteiger charge is -2.13. The van der Waals surface area contributed by atoms with Crippen LogP contribution in [-0.2, 0) is 9.84 Å². The van der Waals surface area contributed by atoms with Crippen LogP contribution in [0, 0.1) is 0 Å². The molecule has 0 bridgehead atoms. The third-order valence-corrected chi connectivity index (χ3v) is 5.25. The predicted molar refractivity (Wildman–Crippen MR) is 92.2 cm³/mol. The van der Waals surface area contributed by atoms with Crippen molar-refractivity contribution in [3.63, 3.8) is 0 Å². The van der Waals surface area contributed by atoms with Crippen molar-refractivity contribution in [1.82, 2.24) is 0 Å². The number of methoxy groups -OCH3 is 2. The van der Waals surface area contributed by atoms with Gasteiger partial charge in [-0.3, -0.25) is 4.79 Å². The van der Waals surface area contributed by atoms with Crippen molar-refractivity contribution in [3.05, 3.63) is 47.0 Å². The first-order chi connectivity index (χ1) is 12.5. The molecular weight excluding hydrogens is 411 g/mol. The van der Waals surface area contributed by atoms with Crippen LogP contribution in [0.3, 0.4) is 0 Å². The van der Waals surface area contributed by atoms with Crippen LogP contribution in [0.2, 0.25) is 5.02 Å². The number of hydrogen-bond donors (Lipinski definition) is 1. The Morgan fingerprint density at radius 3 is 2.07 bits per heavy atom. The smallest absolute Gasteiger partial charge is 0.495 e. The third kappa shape index (κ3) is 4.28. The maximum absolute atomic E-state index is 12.5. The number of hydrogen-bond acceptors (Lipinski definition) is 5. The monoisotopic (exact) mass is 423 g/mol. The SMILES string of the molecule is COc1cc(OC)c(NC(=O)c2ccc(S(=O)(=O)C(F)(F)F)cc2)cc1Cl. The van der Waals surface area contributed by atoms with E-state index in [4.69, 9.17) is 21.1 Å². The van der Waals surface area contributed by atoms with Crippen LogP contribution in [-0.4, -0.2) is 34.1 Å². The molecule has 0 atom stereocenters. The van der Waals surface area contributed by atoms with Gasteiger partial charge < -0.3 is 14.8 Å². The molecule has 1 amide bonds. The molecule has 0 heterocycles. The minimum atomic E-state index is -5.48. The Bertz CT molecular complexity index is 959. The number of benzene rings is 2. The maximum Gasteiger partial charge on any atom is 0.501 e. The Balaban J connectivity index is 2.29. The van der Waals surface area contributed by atoms with Crippen molar-refractivity contribution < 1.29 is 35.9 Å². The molecule has 0 aliphatic heterocycles. The van der Waals surface area contributed by atoms with E-state index in [1.807, 2.05) is 0 Å². The number of rotatable bonds is 5. The fourth-order valence-electron chi connectivity index (χ4n) is 2.07. The Morgan fingerprint density at radius 1 is 1.04 bits per heavy atom. The molecule has 0 aliphatic carbocycles. The van der Waals surface area contributed by atoms with Crippen molar-refractivity contribution in [2.24, 2.45) is 0 Å². The van der Waals surface area contributed by atoms with Crippen LogP contribution >= 0.6 is 11.6 Å². The van der Waals surface area contributed by atoms with E-state index in [0.717, 1.165) is 12.1 Å². The summed E-state index contributed by atoms with van der Waals surface area (Å²) in [7, 11) is -2.73. The largest absolute Gasteiger partial charge is 0.501 e. The molecule has 2 rings (SSSR count). The van der Waals surface area contributed by atoms with Crippen molar-refractivity contribution >= 4 is 33.0 Å². The van der Waals surface area contributed by atoms with Gasteiger partial charge in [-0.1, -0.05) is 11.6 Å². The Labute approximate surface area is 157 Å².